The first-order valence-corrected chi connectivity index (χ1v) is 11.6. The van der Waals surface area contributed by atoms with Crippen LogP contribution in [0.25, 0.3) is 10.2 Å². The number of halogens is 1. The number of ether oxygens (including phenoxy) is 1. The standard InChI is InChI=1S/C22H23FN2O2S2/c1-2-28-18-6-3-15(4-7-18)13-21(26)25-11-9-17(10-12-25)27-22-24-19-8-5-16(23)14-20(19)29-22/h3-8,14,17H,2,9-13H2,1H3. The predicted octanol–water partition coefficient (Wildman–Crippen LogP) is 5.16. The summed E-state index contributed by atoms with van der Waals surface area (Å²) in [6.45, 7) is 3.51. The van der Waals surface area contributed by atoms with Gasteiger partial charge in [-0.2, -0.15) is 0 Å². The molecule has 1 saturated heterocycles. The first-order chi connectivity index (χ1) is 14.1. The minimum absolute atomic E-state index is 0.0369. The van der Waals surface area contributed by atoms with Crippen LogP contribution in [0.5, 0.6) is 5.19 Å². The molecule has 4 nitrogen and oxygen atoms in total. The summed E-state index contributed by atoms with van der Waals surface area (Å²) >= 11 is 3.16. The molecule has 1 aromatic heterocycles. The number of amides is 1. The number of nitrogens with zero attached hydrogens (tertiary/aromatic N) is 2. The van der Waals surface area contributed by atoms with Crippen molar-refractivity contribution in [2.45, 2.75) is 37.2 Å². The Balaban J connectivity index is 1.28. The summed E-state index contributed by atoms with van der Waals surface area (Å²) in [4.78, 5) is 20.2. The van der Waals surface area contributed by atoms with Crippen molar-refractivity contribution < 1.29 is 13.9 Å². The number of hydrogen-bond acceptors (Lipinski definition) is 5. The first kappa shape index (κ1) is 20.2. The number of thioether (sulfide) groups is 1. The summed E-state index contributed by atoms with van der Waals surface area (Å²) in [6.07, 6.45) is 2.03. The molecule has 0 unspecified atom stereocenters. The van der Waals surface area contributed by atoms with Gasteiger partial charge < -0.3 is 9.64 Å². The molecular weight excluding hydrogens is 407 g/mol. The molecule has 4 rings (SSSR count). The minimum atomic E-state index is -0.265. The summed E-state index contributed by atoms with van der Waals surface area (Å²) in [5, 5.41) is 0.570. The van der Waals surface area contributed by atoms with Crippen LogP contribution in [0.15, 0.2) is 47.4 Å². The summed E-state index contributed by atoms with van der Waals surface area (Å²) in [5.74, 6) is 0.941. The van der Waals surface area contributed by atoms with E-state index in [0.29, 0.717) is 24.7 Å². The third kappa shape index (κ3) is 5.08. The fourth-order valence-electron chi connectivity index (χ4n) is 3.45. The third-order valence-electron chi connectivity index (χ3n) is 4.98. The van der Waals surface area contributed by atoms with Crippen LogP contribution in [0, 0.1) is 5.82 Å². The molecule has 0 bridgehead atoms. The molecule has 29 heavy (non-hydrogen) atoms. The van der Waals surface area contributed by atoms with E-state index in [4.69, 9.17) is 4.74 Å². The lowest BCUT2D eigenvalue weighted by atomic mass is 10.1. The molecule has 152 valence electrons. The molecule has 1 amide bonds. The van der Waals surface area contributed by atoms with Gasteiger partial charge in [0.2, 0.25) is 5.91 Å². The summed E-state index contributed by atoms with van der Waals surface area (Å²) in [7, 11) is 0. The fourth-order valence-corrected chi connectivity index (χ4v) is 5.02. The van der Waals surface area contributed by atoms with Gasteiger partial charge in [-0.1, -0.05) is 30.4 Å². The van der Waals surface area contributed by atoms with Gasteiger partial charge in [-0.15, -0.1) is 11.8 Å². The number of hydrogen-bond donors (Lipinski definition) is 0. The Morgan fingerprint density at radius 1 is 1.24 bits per heavy atom. The quantitative estimate of drug-likeness (QED) is 0.507. The largest absolute Gasteiger partial charge is 0.467 e. The number of piperidine rings is 1. The Hall–Kier alpha value is -2.12. The van der Waals surface area contributed by atoms with E-state index in [1.807, 2.05) is 17.0 Å². The molecule has 2 heterocycles. The Kier molecular flexibility index (Phi) is 6.35. The molecular formula is C22H23FN2O2S2. The van der Waals surface area contributed by atoms with Gasteiger partial charge in [0.15, 0.2) is 0 Å². The van der Waals surface area contributed by atoms with Crippen LogP contribution in [-0.2, 0) is 11.2 Å². The Bertz CT molecular complexity index is 982. The monoisotopic (exact) mass is 430 g/mol. The lowest BCUT2D eigenvalue weighted by Crippen LogP contribution is -2.42. The number of aromatic nitrogens is 1. The second-order valence-electron chi connectivity index (χ2n) is 7.04. The number of carbonyl (C=O) groups is 1. The highest BCUT2D eigenvalue weighted by Crippen LogP contribution is 2.30. The molecule has 7 heteroatoms. The molecule has 0 spiro atoms. The van der Waals surface area contributed by atoms with Crippen LogP contribution in [0.4, 0.5) is 4.39 Å². The average molecular weight is 431 g/mol. The topological polar surface area (TPSA) is 42.4 Å². The van der Waals surface area contributed by atoms with Crippen LogP contribution < -0.4 is 4.74 Å². The molecule has 0 saturated carbocycles. The Morgan fingerprint density at radius 2 is 2.00 bits per heavy atom. The van der Waals surface area contributed by atoms with E-state index in [1.54, 1.807) is 17.8 Å². The highest BCUT2D eigenvalue weighted by molar-refractivity contribution is 7.99. The molecule has 0 aliphatic carbocycles. The molecule has 3 aromatic rings. The van der Waals surface area contributed by atoms with Crippen molar-refractivity contribution in [2.75, 3.05) is 18.8 Å². The molecule has 1 aliphatic rings. The number of rotatable bonds is 6. The molecule has 0 N–H and O–H groups in total. The summed E-state index contributed by atoms with van der Waals surface area (Å²) in [6, 6.07) is 12.8. The maximum Gasteiger partial charge on any atom is 0.274 e. The van der Waals surface area contributed by atoms with E-state index in [0.717, 1.165) is 34.4 Å². The Morgan fingerprint density at radius 3 is 2.72 bits per heavy atom. The minimum Gasteiger partial charge on any atom is -0.467 e. The lowest BCUT2D eigenvalue weighted by molar-refractivity contribution is -0.132. The number of thiazole rings is 1. The van der Waals surface area contributed by atoms with Crippen LogP contribution in [0.1, 0.15) is 25.3 Å². The Labute approximate surface area is 178 Å². The van der Waals surface area contributed by atoms with Crippen molar-refractivity contribution >= 4 is 39.2 Å². The van der Waals surface area contributed by atoms with Crippen LogP contribution in [-0.4, -0.2) is 40.7 Å². The summed E-state index contributed by atoms with van der Waals surface area (Å²) in [5.41, 5.74) is 1.80. The first-order valence-electron chi connectivity index (χ1n) is 9.83. The molecule has 0 radical (unpaired) electrons. The second-order valence-corrected chi connectivity index (χ2v) is 9.37. The number of carbonyl (C=O) groups excluding carboxylic acids is 1. The highest BCUT2D eigenvalue weighted by atomic mass is 32.2. The van der Waals surface area contributed by atoms with Gasteiger partial charge in [0, 0.05) is 30.8 Å². The molecule has 0 atom stereocenters. The molecule has 2 aromatic carbocycles. The molecule has 1 aliphatic heterocycles. The number of benzene rings is 2. The van der Waals surface area contributed by atoms with Crippen LogP contribution in [0.2, 0.25) is 0 Å². The average Bonchev–Trinajstić information content (AvgIpc) is 3.11. The van der Waals surface area contributed by atoms with Crippen molar-refractivity contribution in [2.24, 2.45) is 0 Å². The van der Waals surface area contributed by atoms with E-state index in [1.165, 1.54) is 28.4 Å². The van der Waals surface area contributed by atoms with Crippen LogP contribution in [0.3, 0.4) is 0 Å². The van der Waals surface area contributed by atoms with E-state index >= 15 is 0 Å². The second kappa shape index (κ2) is 9.13. The van der Waals surface area contributed by atoms with Gasteiger partial charge in [-0.05, 0) is 41.6 Å². The van der Waals surface area contributed by atoms with Crippen molar-refractivity contribution in [1.29, 1.82) is 0 Å². The summed E-state index contributed by atoms with van der Waals surface area (Å²) < 4.78 is 20.1. The van der Waals surface area contributed by atoms with Crippen molar-refractivity contribution in [3.8, 4) is 5.19 Å². The van der Waals surface area contributed by atoms with E-state index < -0.39 is 0 Å². The van der Waals surface area contributed by atoms with E-state index in [2.05, 4.69) is 24.0 Å². The maximum absolute atomic E-state index is 13.3. The van der Waals surface area contributed by atoms with Gasteiger partial charge in [-0.25, -0.2) is 9.37 Å². The smallest absolute Gasteiger partial charge is 0.274 e. The highest BCUT2D eigenvalue weighted by Gasteiger charge is 2.24. The maximum atomic E-state index is 13.3. The SMILES string of the molecule is CCSc1ccc(CC(=O)N2CCC(Oc3nc4ccc(F)cc4s3)CC2)cc1. The predicted molar refractivity (Wildman–Crippen MR) is 116 cm³/mol. The zero-order valence-electron chi connectivity index (χ0n) is 16.3. The third-order valence-corrected chi connectivity index (χ3v) is 6.79. The van der Waals surface area contributed by atoms with Gasteiger partial charge in [-0.3, -0.25) is 4.79 Å². The van der Waals surface area contributed by atoms with E-state index in [-0.39, 0.29) is 17.8 Å². The van der Waals surface area contributed by atoms with Crippen molar-refractivity contribution in [3.05, 3.63) is 53.8 Å². The van der Waals surface area contributed by atoms with Gasteiger partial charge in [0.05, 0.1) is 16.6 Å². The van der Waals surface area contributed by atoms with Gasteiger partial charge in [0.1, 0.15) is 11.9 Å². The van der Waals surface area contributed by atoms with E-state index in [9.17, 15) is 9.18 Å². The van der Waals surface area contributed by atoms with Crippen molar-refractivity contribution in [3.63, 3.8) is 0 Å². The number of likely N-dealkylation sites (tertiary alicyclic amines) is 1. The zero-order chi connectivity index (χ0) is 20.2. The van der Waals surface area contributed by atoms with Crippen molar-refractivity contribution in [1.82, 2.24) is 9.88 Å². The normalized spacial score (nSPS) is 15.0. The lowest BCUT2D eigenvalue weighted by Gasteiger charge is -2.31. The fraction of sp³-hybridized carbons (Fsp3) is 0.364. The zero-order valence-corrected chi connectivity index (χ0v) is 17.9. The van der Waals surface area contributed by atoms with Crippen LogP contribution >= 0.6 is 23.1 Å². The van der Waals surface area contributed by atoms with Gasteiger partial charge in [0.25, 0.3) is 5.19 Å². The number of fused-ring (bicyclic) bond motifs is 1. The van der Waals surface area contributed by atoms with Gasteiger partial charge >= 0.3 is 0 Å². The molecule has 1 fully saturated rings.